The first-order valence-corrected chi connectivity index (χ1v) is 28.8. The first-order chi connectivity index (χ1) is 37.5. The molecule has 3 N–H and O–H groups in total. The highest BCUT2D eigenvalue weighted by Crippen LogP contribution is 2.49. The van der Waals surface area contributed by atoms with E-state index in [-0.39, 0.29) is 75.4 Å². The molecule has 8 atom stereocenters. The molecule has 0 unspecified atom stereocenters. The number of ether oxygens (including phenoxy) is 4. The van der Waals surface area contributed by atoms with Crippen LogP contribution in [0.1, 0.15) is 117 Å². The number of aryl methyl sites for hydroxylation is 2. The number of nitrogens with zero attached hydrogens (tertiary/aromatic N) is 7. The molecule has 5 heterocycles. The molecule has 2 aromatic rings. The van der Waals surface area contributed by atoms with Crippen LogP contribution < -0.4 is 21.3 Å². The third kappa shape index (κ3) is 15.3. The second-order valence-corrected chi connectivity index (χ2v) is 24.9. The van der Waals surface area contributed by atoms with Gasteiger partial charge in [0.1, 0.15) is 35.7 Å². The van der Waals surface area contributed by atoms with Crippen molar-refractivity contribution in [2.24, 2.45) is 18.1 Å². The quantitative estimate of drug-likeness (QED) is 0.0350. The topological polar surface area (TPSA) is 292 Å². The van der Waals surface area contributed by atoms with Crippen molar-refractivity contribution in [1.82, 2.24) is 35.1 Å². The Labute approximate surface area is 477 Å². The summed E-state index contributed by atoms with van der Waals surface area (Å²) in [6, 6.07) is 2.65. The van der Waals surface area contributed by atoms with Crippen LogP contribution in [0, 0.1) is 12.8 Å². The van der Waals surface area contributed by atoms with Crippen LogP contribution in [0.3, 0.4) is 0 Å². The van der Waals surface area contributed by atoms with Gasteiger partial charge in [-0.3, -0.25) is 33.9 Å². The number of likely N-dealkylation sites (N-methyl/N-ethyl adjacent to an activating group) is 1. The maximum atomic E-state index is 14.3. The van der Waals surface area contributed by atoms with Gasteiger partial charge >= 0.3 is 23.7 Å². The number of amides is 6. The summed E-state index contributed by atoms with van der Waals surface area (Å²) >= 11 is 6.83. The lowest BCUT2D eigenvalue weighted by Crippen LogP contribution is -2.63. The van der Waals surface area contributed by atoms with Crippen LogP contribution in [-0.2, 0) is 77.4 Å². The highest BCUT2D eigenvalue weighted by Gasteiger charge is 2.64. The van der Waals surface area contributed by atoms with E-state index in [1.165, 1.54) is 64.1 Å². The molecule has 3 saturated heterocycles. The van der Waals surface area contributed by atoms with Gasteiger partial charge in [-0.1, -0.05) is 70.0 Å². The number of allylic oxidation sites excluding steroid dienone is 3. The van der Waals surface area contributed by atoms with Gasteiger partial charge in [0.25, 0.3) is 11.8 Å². The molecular weight excluding hydrogens is 1100 g/mol. The van der Waals surface area contributed by atoms with Crippen LogP contribution in [0.4, 0.5) is 10.5 Å². The lowest BCUT2D eigenvalue weighted by atomic mass is 9.83. The summed E-state index contributed by atoms with van der Waals surface area (Å²) in [5.74, 6) is -4.13. The van der Waals surface area contributed by atoms with Crippen LogP contribution in [-0.4, -0.2) is 156 Å². The lowest BCUT2D eigenvalue weighted by molar-refractivity contribution is -0.197. The van der Waals surface area contributed by atoms with Gasteiger partial charge in [0.2, 0.25) is 17.7 Å². The molecular formula is C53H72ClN9O15S2. The molecule has 3 fully saturated rings. The number of halogens is 1. The smallest absolute Gasteiger partial charge is 0.409 e. The fourth-order valence-corrected chi connectivity index (χ4v) is 12.3. The number of methoxy groups -OCH3 is 1. The SMILES string of the molecule is CO[C@@H]1/C=C/C=C(\C)Cc2cc(C)c(Cl)c(c2)N(C)C(=O)C[C@H](OC(=O)[C@H](C)N(C)C(=O)CCSSC(C)(C)CC(=O)N/N=C(/C)c2nn(CCCC(=O)ON3C(=O)CCC3=O)c(=O)n2C)[C@]2(C)O[C@H]2[C@H](C)[C@@H]2C[C@@]1(O)NC(=O)O2. The molecule has 80 heavy (non-hydrogen) atoms. The number of carbonyl (C=O) groups excluding carboxylic acids is 8. The van der Waals surface area contributed by atoms with Gasteiger partial charge < -0.3 is 38.7 Å². The van der Waals surface area contributed by atoms with E-state index >= 15 is 0 Å². The van der Waals surface area contributed by atoms with E-state index in [0.717, 1.165) is 21.4 Å². The number of anilines is 1. The average molecular weight is 1170 g/mol. The van der Waals surface area contributed by atoms with Gasteiger partial charge in [-0.2, -0.15) is 5.10 Å². The molecule has 0 spiro atoms. The minimum Gasteiger partial charge on any atom is -0.457 e. The number of hydrogen-bond acceptors (Lipinski definition) is 19. The van der Waals surface area contributed by atoms with Crippen molar-refractivity contribution in [3.8, 4) is 0 Å². The van der Waals surface area contributed by atoms with Crippen LogP contribution in [0.5, 0.6) is 0 Å². The van der Waals surface area contributed by atoms with Crippen molar-refractivity contribution in [1.29, 1.82) is 0 Å². The Morgan fingerprint density at radius 3 is 2.45 bits per heavy atom. The summed E-state index contributed by atoms with van der Waals surface area (Å²) < 4.78 is 25.6. The van der Waals surface area contributed by atoms with Gasteiger partial charge in [-0.15, -0.1) is 10.2 Å². The number of nitrogens with one attached hydrogen (secondary N) is 2. The van der Waals surface area contributed by atoms with E-state index in [1.807, 2.05) is 45.9 Å². The number of rotatable bonds is 18. The maximum absolute atomic E-state index is 14.3. The van der Waals surface area contributed by atoms with Crippen molar-refractivity contribution < 1.29 is 67.2 Å². The van der Waals surface area contributed by atoms with Gasteiger partial charge in [0, 0.05) is 89.7 Å². The minimum atomic E-state index is -1.87. The van der Waals surface area contributed by atoms with E-state index < -0.39 is 99.8 Å². The zero-order valence-electron chi connectivity index (χ0n) is 47.1. The number of esters is 1. The van der Waals surface area contributed by atoms with Gasteiger partial charge in [0.05, 0.1) is 23.2 Å². The number of hydroxylamine groups is 2. The third-order valence-corrected chi connectivity index (χ3v) is 18.2. The normalized spacial score (nSPS) is 26.1. The fraction of sp³-hybridized carbons (Fsp3) is 0.604. The molecule has 4 aliphatic heterocycles. The third-order valence-electron chi connectivity index (χ3n) is 14.5. The fourth-order valence-electron chi connectivity index (χ4n) is 9.54. The molecule has 0 aliphatic carbocycles. The van der Waals surface area contributed by atoms with Crippen LogP contribution in [0.15, 0.2) is 45.8 Å². The molecule has 0 saturated carbocycles. The van der Waals surface area contributed by atoms with Crippen molar-refractivity contribution in [3.05, 3.63) is 68.4 Å². The monoisotopic (exact) mass is 1170 g/mol. The number of aromatic nitrogens is 3. The van der Waals surface area contributed by atoms with Crippen molar-refractivity contribution >= 4 is 92.2 Å². The molecule has 1 aromatic heterocycles. The number of fused-ring (bicyclic) bond motifs is 5. The highest BCUT2D eigenvalue weighted by molar-refractivity contribution is 8.77. The molecule has 438 valence electrons. The van der Waals surface area contributed by atoms with E-state index in [0.29, 0.717) is 27.9 Å². The Bertz CT molecular complexity index is 2890. The number of aliphatic hydroxyl groups is 1. The number of benzene rings is 1. The van der Waals surface area contributed by atoms with E-state index in [2.05, 4.69) is 20.9 Å². The van der Waals surface area contributed by atoms with E-state index in [1.54, 1.807) is 40.0 Å². The van der Waals surface area contributed by atoms with Crippen LogP contribution in [0.25, 0.3) is 0 Å². The van der Waals surface area contributed by atoms with Crippen LogP contribution >= 0.6 is 33.2 Å². The standard InChI is InChI=1S/C53H72ClN9O15S2/c1-29-15-13-16-37(74-12)53(73)27-36(75-49(71)55-53)31(3)46-52(8,77-46)38(26-43(68)60(10)35-25-34(23-29)24-30(2)45(35)54)76-48(70)33(5)59(9)40(65)20-22-79-80-51(6,7)28-39(64)57-56-32(4)47-58-62(50(72)61(47)11)21-14-17-44(69)78-63-41(66)18-19-42(63)67/h13,15-16,24-25,31,33,36-38,46,73H,14,17-23,26-28H2,1-12H3,(H,55,71)(H,57,64)/b16-13+,29-15+,56-32-/t31-,33+,36+,37-,38+,46+,52+,53+/m1/s1. The number of imide groups is 1. The molecule has 6 rings (SSSR count). The molecule has 1 aromatic carbocycles. The number of hydrazone groups is 1. The highest BCUT2D eigenvalue weighted by atomic mass is 35.5. The summed E-state index contributed by atoms with van der Waals surface area (Å²) in [5.41, 5.74) is 2.08. The predicted molar refractivity (Wildman–Crippen MR) is 297 cm³/mol. The Balaban J connectivity index is 1.04. The number of alkyl carbamates (subject to hydrolysis) is 1. The molecule has 4 bridgehead atoms. The Morgan fingerprint density at radius 2 is 1.77 bits per heavy atom. The lowest BCUT2D eigenvalue weighted by Gasteiger charge is -2.42. The van der Waals surface area contributed by atoms with Gasteiger partial charge in [-0.05, 0) is 78.5 Å². The van der Waals surface area contributed by atoms with E-state index in [4.69, 9.17) is 35.4 Å². The summed E-state index contributed by atoms with van der Waals surface area (Å²) in [6.07, 6.45) is 0.561. The molecule has 4 aliphatic rings. The first kappa shape index (κ1) is 63.1. The van der Waals surface area contributed by atoms with Crippen molar-refractivity contribution in [2.45, 2.75) is 166 Å². The second-order valence-electron chi connectivity index (χ2n) is 21.4. The summed E-state index contributed by atoms with van der Waals surface area (Å²) in [4.78, 5) is 124. The predicted octanol–water partition coefficient (Wildman–Crippen LogP) is 4.58. The first-order valence-electron chi connectivity index (χ1n) is 26.1. The average Bonchev–Trinajstić information content (AvgIpc) is 4.10. The molecule has 6 amide bonds. The zero-order chi connectivity index (χ0) is 59.2. The maximum Gasteiger partial charge on any atom is 0.409 e. The van der Waals surface area contributed by atoms with E-state index in [9.17, 15) is 48.3 Å². The minimum absolute atomic E-state index is 0.0193. The number of hydrogen-bond donors (Lipinski definition) is 3. The second kappa shape index (κ2) is 26.2. The Morgan fingerprint density at radius 1 is 1.09 bits per heavy atom. The van der Waals surface area contributed by atoms with Gasteiger partial charge in [-0.25, -0.2) is 29.3 Å². The van der Waals surface area contributed by atoms with Gasteiger partial charge in [0.15, 0.2) is 11.5 Å². The summed E-state index contributed by atoms with van der Waals surface area (Å²) in [5, 5.41) is 23.6. The number of epoxide rings is 1. The van der Waals surface area contributed by atoms with Crippen molar-refractivity contribution in [3.63, 3.8) is 0 Å². The summed E-state index contributed by atoms with van der Waals surface area (Å²) in [6.45, 7) is 14.0. The zero-order valence-corrected chi connectivity index (χ0v) is 49.5. The molecule has 0 radical (unpaired) electrons. The molecule has 24 nitrogen and oxygen atoms in total. The number of carbonyl (C=O) groups is 8. The van der Waals surface area contributed by atoms with Crippen molar-refractivity contribution in [2.75, 3.05) is 31.9 Å². The Hall–Kier alpha value is -6.06. The van der Waals surface area contributed by atoms with Crippen LogP contribution in [0.2, 0.25) is 5.02 Å². The largest absolute Gasteiger partial charge is 0.457 e. The Kier molecular flexibility index (Phi) is 20.7. The summed E-state index contributed by atoms with van der Waals surface area (Å²) in [7, 11) is 8.70. The molecule has 27 heteroatoms.